The second kappa shape index (κ2) is 12.4. The van der Waals surface area contributed by atoms with Gasteiger partial charge in [0.25, 0.3) is 0 Å². The minimum Gasteiger partial charge on any atom is -0.494 e. The van der Waals surface area contributed by atoms with Gasteiger partial charge in [0, 0.05) is 33.2 Å². The van der Waals surface area contributed by atoms with Crippen molar-refractivity contribution in [3.05, 3.63) is 100.0 Å². The number of ether oxygens (including phenoxy) is 1. The number of nitrogens with one attached hydrogen (secondary N) is 1. The molecular formula is C28H24BrN5O2S2. The molecule has 5 aromatic rings. The fraction of sp³-hybridized carbons (Fsp3) is 0.143. The predicted octanol–water partition coefficient (Wildman–Crippen LogP) is 6.87. The first kappa shape index (κ1) is 26.1. The topological polar surface area (TPSA) is 81.9 Å². The molecule has 0 saturated heterocycles. The SMILES string of the molecule is CCOc1ccc(-c2nnc(SCC(=O)Nc3ncc(Cc4ccc(Br)cc4)s3)n2-c2ccccc2)cc1. The smallest absolute Gasteiger partial charge is 0.236 e. The summed E-state index contributed by atoms with van der Waals surface area (Å²) in [4.78, 5) is 18.2. The van der Waals surface area contributed by atoms with E-state index in [9.17, 15) is 4.79 Å². The zero-order valence-electron chi connectivity index (χ0n) is 20.5. The van der Waals surface area contributed by atoms with Crippen LogP contribution in [-0.4, -0.2) is 38.0 Å². The van der Waals surface area contributed by atoms with Crippen molar-refractivity contribution in [3.63, 3.8) is 0 Å². The molecular weight excluding hydrogens is 582 g/mol. The maximum absolute atomic E-state index is 12.8. The number of thiazole rings is 1. The molecule has 5 rings (SSSR count). The van der Waals surface area contributed by atoms with E-state index in [1.807, 2.05) is 84.4 Å². The quantitative estimate of drug-likeness (QED) is 0.175. The summed E-state index contributed by atoms with van der Waals surface area (Å²) >= 11 is 6.27. The molecule has 0 aliphatic carbocycles. The highest BCUT2D eigenvalue weighted by atomic mass is 79.9. The molecule has 10 heteroatoms. The summed E-state index contributed by atoms with van der Waals surface area (Å²) in [6.45, 7) is 2.56. The van der Waals surface area contributed by atoms with Crippen molar-refractivity contribution in [3.8, 4) is 22.8 Å². The molecule has 0 aliphatic heterocycles. The number of amides is 1. The van der Waals surface area contributed by atoms with Gasteiger partial charge in [-0.25, -0.2) is 4.98 Å². The molecule has 3 aromatic carbocycles. The lowest BCUT2D eigenvalue weighted by Crippen LogP contribution is -2.14. The third-order valence-electron chi connectivity index (χ3n) is 5.50. The number of thioether (sulfide) groups is 1. The van der Waals surface area contributed by atoms with Crippen molar-refractivity contribution in [2.24, 2.45) is 0 Å². The molecule has 0 bridgehead atoms. The molecule has 0 unspecified atom stereocenters. The van der Waals surface area contributed by atoms with Crippen LogP contribution in [0, 0.1) is 0 Å². The molecule has 1 amide bonds. The lowest BCUT2D eigenvalue weighted by Gasteiger charge is -2.11. The number of aromatic nitrogens is 4. The molecule has 7 nitrogen and oxygen atoms in total. The Labute approximate surface area is 237 Å². The molecule has 2 aromatic heterocycles. The molecule has 0 atom stereocenters. The Hall–Kier alpha value is -3.47. The zero-order valence-corrected chi connectivity index (χ0v) is 23.7. The minimum atomic E-state index is -0.148. The van der Waals surface area contributed by atoms with E-state index >= 15 is 0 Å². The minimum absolute atomic E-state index is 0.148. The van der Waals surface area contributed by atoms with Crippen LogP contribution in [0.15, 0.2) is 94.7 Å². The third-order valence-corrected chi connectivity index (χ3v) is 7.87. The van der Waals surface area contributed by atoms with E-state index < -0.39 is 0 Å². The fourth-order valence-corrected chi connectivity index (χ4v) is 5.64. The number of nitrogens with zero attached hydrogens (tertiary/aromatic N) is 4. The number of anilines is 1. The largest absolute Gasteiger partial charge is 0.494 e. The molecule has 0 spiro atoms. The molecule has 0 aliphatic rings. The van der Waals surface area contributed by atoms with Crippen LogP contribution < -0.4 is 10.1 Å². The summed E-state index contributed by atoms with van der Waals surface area (Å²) in [7, 11) is 0. The highest BCUT2D eigenvalue weighted by molar-refractivity contribution is 9.10. The number of halogens is 1. The highest BCUT2D eigenvalue weighted by Gasteiger charge is 2.18. The van der Waals surface area contributed by atoms with Gasteiger partial charge in [-0.2, -0.15) is 0 Å². The maximum atomic E-state index is 12.8. The van der Waals surface area contributed by atoms with Crippen molar-refractivity contribution < 1.29 is 9.53 Å². The van der Waals surface area contributed by atoms with Gasteiger partial charge >= 0.3 is 0 Å². The van der Waals surface area contributed by atoms with Gasteiger partial charge in [-0.3, -0.25) is 9.36 Å². The first-order valence-electron chi connectivity index (χ1n) is 11.9. The van der Waals surface area contributed by atoms with Crippen molar-refractivity contribution in [1.29, 1.82) is 0 Å². The molecule has 192 valence electrons. The van der Waals surface area contributed by atoms with E-state index in [1.165, 1.54) is 28.7 Å². The number of hydrogen-bond donors (Lipinski definition) is 1. The summed E-state index contributed by atoms with van der Waals surface area (Å²) < 4.78 is 8.58. The van der Waals surface area contributed by atoms with Crippen LogP contribution >= 0.6 is 39.0 Å². The number of rotatable bonds is 10. The Morgan fingerprint density at radius 3 is 2.53 bits per heavy atom. The summed E-state index contributed by atoms with van der Waals surface area (Å²) in [5.74, 6) is 1.52. The van der Waals surface area contributed by atoms with Crippen molar-refractivity contribution in [2.75, 3.05) is 17.7 Å². The van der Waals surface area contributed by atoms with Crippen molar-refractivity contribution >= 4 is 50.1 Å². The Bertz CT molecular complexity index is 1500. The summed E-state index contributed by atoms with van der Waals surface area (Å²) in [6, 6.07) is 25.8. The number of para-hydroxylation sites is 1. The number of hydrogen-bond acceptors (Lipinski definition) is 7. The molecule has 0 fully saturated rings. The van der Waals surface area contributed by atoms with Crippen molar-refractivity contribution in [1.82, 2.24) is 19.7 Å². The van der Waals surface area contributed by atoms with Crippen LogP contribution in [0.3, 0.4) is 0 Å². The maximum Gasteiger partial charge on any atom is 0.236 e. The van der Waals surface area contributed by atoms with Crippen LogP contribution in [-0.2, 0) is 11.2 Å². The Morgan fingerprint density at radius 2 is 1.79 bits per heavy atom. The Morgan fingerprint density at radius 1 is 1.03 bits per heavy atom. The van der Waals surface area contributed by atoms with Gasteiger partial charge in [0.05, 0.1) is 12.4 Å². The monoisotopic (exact) mass is 605 g/mol. The summed E-state index contributed by atoms with van der Waals surface area (Å²) in [5, 5.41) is 13.0. The van der Waals surface area contributed by atoms with Crippen LogP contribution in [0.2, 0.25) is 0 Å². The summed E-state index contributed by atoms with van der Waals surface area (Å²) in [6.07, 6.45) is 2.58. The van der Waals surface area contributed by atoms with Crippen LogP contribution in [0.1, 0.15) is 17.4 Å². The van der Waals surface area contributed by atoms with Gasteiger partial charge in [-0.1, -0.05) is 58.0 Å². The van der Waals surface area contributed by atoms with E-state index in [2.05, 4.69) is 48.6 Å². The second-order valence-corrected chi connectivity index (χ2v) is 11.2. The standard InChI is InChI=1S/C28H24BrN5O2S2/c1-2-36-23-14-10-20(11-15-23)26-32-33-28(34(26)22-6-4-3-5-7-22)37-18-25(35)31-27-30-17-24(38-27)16-19-8-12-21(29)13-9-19/h3-15,17H,2,16,18H2,1H3,(H,30,31,35). The van der Waals surface area contributed by atoms with E-state index in [0.29, 0.717) is 22.7 Å². The van der Waals surface area contributed by atoms with Crippen LogP contribution in [0.25, 0.3) is 17.1 Å². The van der Waals surface area contributed by atoms with Gasteiger partial charge < -0.3 is 10.1 Å². The molecule has 1 N–H and O–H groups in total. The van der Waals surface area contributed by atoms with Gasteiger partial charge in [0.2, 0.25) is 5.91 Å². The van der Waals surface area contributed by atoms with Crippen LogP contribution in [0.4, 0.5) is 5.13 Å². The van der Waals surface area contributed by atoms with Gasteiger partial charge in [-0.15, -0.1) is 21.5 Å². The average molecular weight is 607 g/mol. The molecule has 2 heterocycles. The fourth-order valence-electron chi connectivity index (χ4n) is 3.76. The highest BCUT2D eigenvalue weighted by Crippen LogP contribution is 2.29. The van der Waals surface area contributed by atoms with E-state index in [4.69, 9.17) is 4.74 Å². The van der Waals surface area contributed by atoms with E-state index in [1.54, 1.807) is 0 Å². The first-order valence-corrected chi connectivity index (χ1v) is 14.5. The zero-order chi connectivity index (χ0) is 26.3. The predicted molar refractivity (Wildman–Crippen MR) is 156 cm³/mol. The number of carbonyl (C=O) groups excluding carboxylic acids is 1. The average Bonchev–Trinajstić information content (AvgIpc) is 3.57. The lowest BCUT2D eigenvalue weighted by atomic mass is 10.1. The van der Waals surface area contributed by atoms with Crippen LogP contribution in [0.5, 0.6) is 5.75 Å². The van der Waals surface area contributed by atoms with Gasteiger partial charge in [0.1, 0.15) is 5.75 Å². The normalized spacial score (nSPS) is 10.9. The number of benzene rings is 3. The molecule has 0 radical (unpaired) electrons. The van der Waals surface area contributed by atoms with E-state index in [0.717, 1.165) is 32.8 Å². The Balaban J connectivity index is 1.28. The molecule has 38 heavy (non-hydrogen) atoms. The first-order chi connectivity index (χ1) is 18.6. The van der Waals surface area contributed by atoms with Gasteiger partial charge in [-0.05, 0) is 61.0 Å². The van der Waals surface area contributed by atoms with Crippen molar-refractivity contribution in [2.45, 2.75) is 18.5 Å². The summed E-state index contributed by atoms with van der Waals surface area (Å²) in [5.41, 5.74) is 3.01. The number of carbonyl (C=O) groups is 1. The Kier molecular flexibility index (Phi) is 8.52. The van der Waals surface area contributed by atoms with E-state index in [-0.39, 0.29) is 11.7 Å². The lowest BCUT2D eigenvalue weighted by molar-refractivity contribution is -0.113. The molecule has 0 saturated carbocycles. The van der Waals surface area contributed by atoms with Gasteiger partial charge in [0.15, 0.2) is 16.1 Å². The third kappa shape index (κ3) is 6.50. The second-order valence-electron chi connectivity index (χ2n) is 8.21.